The number of hydrogen-bond donors (Lipinski definition) is 1. The maximum atomic E-state index is 5.88. The second kappa shape index (κ2) is 6.85. The van der Waals surface area contributed by atoms with E-state index in [-0.39, 0.29) is 0 Å². The fourth-order valence-corrected chi connectivity index (χ4v) is 2.96. The van der Waals surface area contributed by atoms with Gasteiger partial charge in [0.15, 0.2) is 0 Å². The third-order valence-corrected chi connectivity index (χ3v) is 4.13. The van der Waals surface area contributed by atoms with Gasteiger partial charge in [-0.15, -0.1) is 0 Å². The van der Waals surface area contributed by atoms with Crippen molar-refractivity contribution in [3.63, 3.8) is 0 Å². The molecule has 0 bridgehead atoms. The van der Waals surface area contributed by atoms with Crippen LogP contribution in [0.15, 0.2) is 0 Å². The first-order valence-corrected chi connectivity index (χ1v) is 7.42. The lowest BCUT2D eigenvalue weighted by atomic mass is 10.1. The number of likely N-dealkylation sites (N-methyl/N-ethyl adjacent to an activating group) is 1. The summed E-state index contributed by atoms with van der Waals surface area (Å²) in [6.07, 6.45) is 2.89. The third-order valence-electron chi connectivity index (χ3n) is 4.13. The van der Waals surface area contributed by atoms with Gasteiger partial charge in [0.25, 0.3) is 0 Å². The van der Waals surface area contributed by atoms with Crippen LogP contribution >= 0.6 is 0 Å². The Morgan fingerprint density at radius 3 is 2.39 bits per heavy atom. The normalized spacial score (nSPS) is 37.2. The Balaban J connectivity index is 1.79. The van der Waals surface area contributed by atoms with E-state index < -0.39 is 0 Å². The lowest BCUT2D eigenvalue weighted by Crippen LogP contribution is -2.49. The maximum Gasteiger partial charge on any atom is 0.0829 e. The van der Waals surface area contributed by atoms with Crippen LogP contribution < -0.4 is 5.32 Å². The van der Waals surface area contributed by atoms with Crippen molar-refractivity contribution in [3.8, 4) is 0 Å². The highest BCUT2D eigenvalue weighted by Crippen LogP contribution is 2.10. The monoisotopic (exact) mass is 255 g/mol. The summed E-state index contributed by atoms with van der Waals surface area (Å²) in [6, 6.07) is 1.27. The zero-order chi connectivity index (χ0) is 13.0. The van der Waals surface area contributed by atoms with Crippen LogP contribution in [0.4, 0.5) is 0 Å². The summed E-state index contributed by atoms with van der Waals surface area (Å²) in [4.78, 5) is 4.97. The molecule has 0 aromatic rings. The quantitative estimate of drug-likeness (QED) is 0.789. The Morgan fingerprint density at radius 2 is 1.78 bits per heavy atom. The summed E-state index contributed by atoms with van der Waals surface area (Å²) in [6.45, 7) is 11.1. The Labute approximate surface area is 112 Å². The summed E-state index contributed by atoms with van der Waals surface area (Å²) in [7, 11) is 2.19. The molecule has 2 saturated heterocycles. The van der Waals surface area contributed by atoms with Crippen LogP contribution in [0.5, 0.6) is 0 Å². The fraction of sp³-hybridized carbons (Fsp3) is 1.00. The molecule has 0 aliphatic carbocycles. The van der Waals surface area contributed by atoms with Crippen LogP contribution in [0.1, 0.15) is 26.7 Å². The molecule has 2 rings (SSSR count). The molecule has 0 amide bonds. The number of hydrogen-bond acceptors (Lipinski definition) is 4. The van der Waals surface area contributed by atoms with Gasteiger partial charge < -0.3 is 19.9 Å². The van der Waals surface area contributed by atoms with E-state index in [1.54, 1.807) is 0 Å². The van der Waals surface area contributed by atoms with Gasteiger partial charge in [-0.2, -0.15) is 0 Å². The van der Waals surface area contributed by atoms with Gasteiger partial charge in [0.1, 0.15) is 0 Å². The van der Waals surface area contributed by atoms with E-state index in [2.05, 4.69) is 36.0 Å². The summed E-state index contributed by atoms with van der Waals surface area (Å²) in [5.41, 5.74) is 0. The predicted molar refractivity (Wildman–Crippen MR) is 75.0 cm³/mol. The lowest BCUT2D eigenvalue weighted by molar-refractivity contribution is -0.0369. The van der Waals surface area contributed by atoms with Gasteiger partial charge in [-0.25, -0.2) is 0 Å². The fourth-order valence-electron chi connectivity index (χ4n) is 2.96. The summed E-state index contributed by atoms with van der Waals surface area (Å²) >= 11 is 0. The van der Waals surface area contributed by atoms with Crippen LogP contribution in [0.25, 0.3) is 0 Å². The minimum atomic E-state index is 0.404. The van der Waals surface area contributed by atoms with Gasteiger partial charge in [0, 0.05) is 31.7 Å². The molecule has 0 spiro atoms. The largest absolute Gasteiger partial charge is 0.374 e. The van der Waals surface area contributed by atoms with Gasteiger partial charge in [0.2, 0.25) is 0 Å². The van der Waals surface area contributed by atoms with Gasteiger partial charge in [-0.05, 0) is 46.8 Å². The van der Waals surface area contributed by atoms with Crippen molar-refractivity contribution >= 4 is 0 Å². The molecule has 1 N–H and O–H groups in total. The van der Waals surface area contributed by atoms with Gasteiger partial charge in [0.05, 0.1) is 12.7 Å². The first-order valence-electron chi connectivity index (χ1n) is 7.42. The minimum Gasteiger partial charge on any atom is -0.374 e. The third kappa shape index (κ3) is 4.50. The van der Waals surface area contributed by atoms with E-state index in [9.17, 15) is 0 Å². The molecular formula is C14H29N3O. The molecule has 106 valence electrons. The highest BCUT2D eigenvalue weighted by molar-refractivity contribution is 4.78. The van der Waals surface area contributed by atoms with E-state index in [0.29, 0.717) is 18.2 Å². The number of ether oxygens (including phenoxy) is 1. The summed E-state index contributed by atoms with van der Waals surface area (Å²) in [5, 5.41) is 3.65. The zero-order valence-electron chi connectivity index (χ0n) is 12.2. The number of morpholine rings is 1. The Hall–Kier alpha value is -0.160. The minimum absolute atomic E-state index is 0.404. The van der Waals surface area contributed by atoms with E-state index in [1.807, 2.05) is 0 Å². The lowest BCUT2D eigenvalue weighted by Gasteiger charge is -2.36. The van der Waals surface area contributed by atoms with Crippen LogP contribution in [-0.4, -0.2) is 74.4 Å². The SMILES string of the molecule is CC1CCN(CC2CN(C)CCO2)CCC(C)N1. The molecule has 3 unspecified atom stereocenters. The summed E-state index contributed by atoms with van der Waals surface area (Å²) in [5.74, 6) is 0. The molecule has 3 atom stereocenters. The molecule has 0 saturated carbocycles. The number of rotatable bonds is 2. The Kier molecular flexibility index (Phi) is 5.42. The second-order valence-corrected chi connectivity index (χ2v) is 6.10. The van der Waals surface area contributed by atoms with Gasteiger partial charge in [-0.1, -0.05) is 0 Å². The molecule has 2 fully saturated rings. The number of nitrogens with one attached hydrogen (secondary N) is 1. The van der Waals surface area contributed by atoms with E-state index in [4.69, 9.17) is 4.74 Å². The van der Waals surface area contributed by atoms with Crippen molar-refractivity contribution in [1.29, 1.82) is 0 Å². The smallest absolute Gasteiger partial charge is 0.0829 e. The van der Waals surface area contributed by atoms with Crippen molar-refractivity contribution in [2.45, 2.75) is 44.9 Å². The Bertz CT molecular complexity index is 237. The second-order valence-electron chi connectivity index (χ2n) is 6.10. The molecule has 0 aromatic heterocycles. The van der Waals surface area contributed by atoms with Crippen LogP contribution in [0.3, 0.4) is 0 Å². The molecule has 2 aliphatic rings. The maximum absolute atomic E-state index is 5.88. The average Bonchev–Trinajstić information content (AvgIpc) is 2.31. The Morgan fingerprint density at radius 1 is 1.11 bits per heavy atom. The van der Waals surface area contributed by atoms with Gasteiger partial charge >= 0.3 is 0 Å². The van der Waals surface area contributed by atoms with E-state index >= 15 is 0 Å². The molecule has 18 heavy (non-hydrogen) atoms. The van der Waals surface area contributed by atoms with Crippen molar-refractivity contribution in [2.24, 2.45) is 0 Å². The highest BCUT2D eigenvalue weighted by atomic mass is 16.5. The van der Waals surface area contributed by atoms with E-state index in [0.717, 1.165) is 26.2 Å². The number of nitrogens with zero attached hydrogens (tertiary/aromatic N) is 2. The van der Waals surface area contributed by atoms with Crippen molar-refractivity contribution < 1.29 is 4.74 Å². The summed E-state index contributed by atoms with van der Waals surface area (Å²) < 4.78 is 5.88. The van der Waals surface area contributed by atoms with E-state index in [1.165, 1.54) is 25.9 Å². The van der Waals surface area contributed by atoms with Crippen LogP contribution in [0, 0.1) is 0 Å². The first kappa shape index (κ1) is 14.3. The molecule has 4 heteroatoms. The average molecular weight is 255 g/mol. The molecule has 4 nitrogen and oxygen atoms in total. The van der Waals surface area contributed by atoms with Crippen LogP contribution in [-0.2, 0) is 4.74 Å². The molecule has 0 radical (unpaired) electrons. The zero-order valence-corrected chi connectivity index (χ0v) is 12.2. The topological polar surface area (TPSA) is 27.7 Å². The van der Waals surface area contributed by atoms with Crippen molar-refractivity contribution in [3.05, 3.63) is 0 Å². The van der Waals surface area contributed by atoms with Gasteiger partial charge in [-0.3, -0.25) is 0 Å². The molecule has 2 aliphatic heterocycles. The van der Waals surface area contributed by atoms with Crippen LogP contribution in [0.2, 0.25) is 0 Å². The van der Waals surface area contributed by atoms with Crippen molar-refractivity contribution in [1.82, 2.24) is 15.1 Å². The first-order chi connectivity index (χ1) is 8.63. The standard InChI is InChI=1S/C14H29N3O/c1-12-4-6-17(7-5-13(2)15-12)11-14-10-16(3)8-9-18-14/h12-15H,4-11H2,1-3H3. The predicted octanol–water partition coefficient (Wildman–Crippen LogP) is 0.779. The highest BCUT2D eigenvalue weighted by Gasteiger charge is 2.22. The molecular weight excluding hydrogens is 226 g/mol. The van der Waals surface area contributed by atoms with Crippen molar-refractivity contribution in [2.75, 3.05) is 46.4 Å². The molecule has 2 heterocycles. The molecule has 0 aromatic carbocycles.